The number of likely N-dealkylation sites (N-methyl/N-ethyl adjacent to an activating group) is 1. The first-order chi connectivity index (χ1) is 8.20. The van der Waals surface area contributed by atoms with Crippen molar-refractivity contribution in [1.29, 1.82) is 0 Å². The summed E-state index contributed by atoms with van der Waals surface area (Å²) < 4.78 is 0. The molecular weight excluding hydrogens is 232 g/mol. The standard InChI is InChI=1S/C14H23ClN2/c1-3-4-7-10-17(2)14(11-16)12-8-5-6-9-13(12)15/h5-6,8-9,14H,3-4,7,10-11,16H2,1-2H3. The van der Waals surface area contributed by atoms with E-state index in [1.165, 1.54) is 19.3 Å². The van der Waals surface area contributed by atoms with Gasteiger partial charge in [0.25, 0.3) is 0 Å². The minimum absolute atomic E-state index is 0.223. The molecule has 0 aromatic heterocycles. The van der Waals surface area contributed by atoms with E-state index in [1.807, 2.05) is 18.2 Å². The van der Waals surface area contributed by atoms with Gasteiger partial charge in [0.05, 0.1) is 0 Å². The fourth-order valence-electron chi connectivity index (χ4n) is 2.06. The lowest BCUT2D eigenvalue weighted by atomic mass is 10.1. The van der Waals surface area contributed by atoms with E-state index in [0.717, 1.165) is 17.1 Å². The van der Waals surface area contributed by atoms with Crippen molar-refractivity contribution < 1.29 is 0 Å². The molecule has 0 heterocycles. The second-order valence-electron chi connectivity index (χ2n) is 4.46. The number of hydrogen-bond acceptors (Lipinski definition) is 2. The third kappa shape index (κ3) is 4.30. The van der Waals surface area contributed by atoms with Gasteiger partial charge in [-0.3, -0.25) is 4.90 Å². The number of hydrogen-bond donors (Lipinski definition) is 1. The van der Waals surface area contributed by atoms with Crippen LogP contribution in [0.3, 0.4) is 0 Å². The molecule has 0 aliphatic rings. The molecule has 1 atom stereocenters. The topological polar surface area (TPSA) is 29.3 Å². The highest BCUT2D eigenvalue weighted by Crippen LogP contribution is 2.26. The first-order valence-corrected chi connectivity index (χ1v) is 6.73. The Morgan fingerprint density at radius 2 is 2.00 bits per heavy atom. The van der Waals surface area contributed by atoms with Gasteiger partial charge in [-0.05, 0) is 31.6 Å². The molecule has 0 aliphatic heterocycles. The summed E-state index contributed by atoms with van der Waals surface area (Å²) >= 11 is 6.22. The Labute approximate surface area is 110 Å². The summed E-state index contributed by atoms with van der Waals surface area (Å²) in [4.78, 5) is 2.30. The molecule has 1 aromatic carbocycles. The third-order valence-corrected chi connectivity index (χ3v) is 3.48. The minimum atomic E-state index is 0.223. The summed E-state index contributed by atoms with van der Waals surface area (Å²) in [5, 5.41) is 0.810. The lowest BCUT2D eigenvalue weighted by Gasteiger charge is -2.28. The van der Waals surface area contributed by atoms with Crippen molar-refractivity contribution in [1.82, 2.24) is 4.90 Å². The van der Waals surface area contributed by atoms with Gasteiger partial charge < -0.3 is 5.73 Å². The Morgan fingerprint density at radius 1 is 1.29 bits per heavy atom. The summed E-state index contributed by atoms with van der Waals surface area (Å²) in [7, 11) is 2.12. The van der Waals surface area contributed by atoms with Crippen LogP contribution in [0.1, 0.15) is 37.8 Å². The maximum Gasteiger partial charge on any atom is 0.0482 e. The van der Waals surface area contributed by atoms with Crippen LogP contribution in [-0.4, -0.2) is 25.0 Å². The van der Waals surface area contributed by atoms with E-state index in [1.54, 1.807) is 0 Å². The molecule has 1 rings (SSSR count). The van der Waals surface area contributed by atoms with Gasteiger partial charge in [-0.15, -0.1) is 0 Å². The maximum absolute atomic E-state index is 6.22. The quantitative estimate of drug-likeness (QED) is 0.755. The van der Waals surface area contributed by atoms with Crippen molar-refractivity contribution in [2.24, 2.45) is 5.73 Å². The molecular formula is C14H23ClN2. The summed E-state index contributed by atoms with van der Waals surface area (Å²) in [5.74, 6) is 0. The van der Waals surface area contributed by atoms with Crippen molar-refractivity contribution >= 4 is 11.6 Å². The zero-order valence-corrected chi connectivity index (χ0v) is 11.6. The van der Waals surface area contributed by atoms with Crippen LogP contribution < -0.4 is 5.73 Å². The van der Waals surface area contributed by atoms with Gasteiger partial charge in [0, 0.05) is 17.6 Å². The van der Waals surface area contributed by atoms with Crippen molar-refractivity contribution in [2.45, 2.75) is 32.2 Å². The molecule has 17 heavy (non-hydrogen) atoms. The van der Waals surface area contributed by atoms with E-state index < -0.39 is 0 Å². The Bertz CT molecular complexity index is 328. The zero-order valence-electron chi connectivity index (χ0n) is 10.8. The number of nitrogens with two attached hydrogens (primary N) is 1. The molecule has 0 saturated heterocycles. The Kier molecular flexibility index (Phi) is 6.56. The fraction of sp³-hybridized carbons (Fsp3) is 0.571. The molecule has 3 heteroatoms. The summed E-state index contributed by atoms with van der Waals surface area (Å²) in [6.07, 6.45) is 3.73. The predicted molar refractivity (Wildman–Crippen MR) is 75.4 cm³/mol. The number of benzene rings is 1. The van der Waals surface area contributed by atoms with Crippen LogP contribution in [0.2, 0.25) is 5.02 Å². The molecule has 1 aromatic rings. The van der Waals surface area contributed by atoms with E-state index >= 15 is 0 Å². The van der Waals surface area contributed by atoms with Gasteiger partial charge in [-0.25, -0.2) is 0 Å². The lowest BCUT2D eigenvalue weighted by molar-refractivity contribution is 0.245. The van der Waals surface area contributed by atoms with Crippen molar-refractivity contribution in [3.05, 3.63) is 34.9 Å². The average molecular weight is 255 g/mol. The van der Waals surface area contributed by atoms with Gasteiger partial charge in [-0.2, -0.15) is 0 Å². The summed E-state index contributed by atoms with van der Waals surface area (Å²) in [5.41, 5.74) is 7.01. The van der Waals surface area contributed by atoms with Crippen molar-refractivity contribution in [2.75, 3.05) is 20.1 Å². The first-order valence-electron chi connectivity index (χ1n) is 6.35. The zero-order chi connectivity index (χ0) is 12.7. The molecule has 2 N–H and O–H groups in total. The van der Waals surface area contributed by atoms with E-state index in [4.69, 9.17) is 17.3 Å². The van der Waals surface area contributed by atoms with E-state index in [0.29, 0.717) is 6.54 Å². The normalized spacial score (nSPS) is 13.0. The van der Waals surface area contributed by atoms with Crippen LogP contribution in [0.15, 0.2) is 24.3 Å². The SMILES string of the molecule is CCCCCN(C)C(CN)c1ccccc1Cl. The smallest absolute Gasteiger partial charge is 0.0482 e. The second-order valence-corrected chi connectivity index (χ2v) is 4.87. The van der Waals surface area contributed by atoms with Crippen LogP contribution in [0.25, 0.3) is 0 Å². The van der Waals surface area contributed by atoms with Gasteiger partial charge in [0.15, 0.2) is 0 Å². The average Bonchev–Trinajstić information content (AvgIpc) is 2.33. The largest absolute Gasteiger partial charge is 0.329 e. The van der Waals surface area contributed by atoms with Gasteiger partial charge in [0.1, 0.15) is 0 Å². The van der Waals surface area contributed by atoms with Crippen molar-refractivity contribution in [3.8, 4) is 0 Å². The van der Waals surface area contributed by atoms with Crippen LogP contribution in [0, 0.1) is 0 Å². The number of nitrogens with zero attached hydrogens (tertiary/aromatic N) is 1. The third-order valence-electron chi connectivity index (χ3n) is 3.13. The molecule has 2 nitrogen and oxygen atoms in total. The number of halogens is 1. The predicted octanol–water partition coefficient (Wildman–Crippen LogP) is 3.46. The summed E-state index contributed by atoms with van der Waals surface area (Å²) in [6.45, 7) is 3.89. The fourth-order valence-corrected chi connectivity index (χ4v) is 2.32. The van der Waals surface area contributed by atoms with Gasteiger partial charge in [0.2, 0.25) is 0 Å². The Morgan fingerprint density at radius 3 is 2.59 bits per heavy atom. The van der Waals surface area contributed by atoms with Gasteiger partial charge in [-0.1, -0.05) is 49.6 Å². The molecule has 0 radical (unpaired) electrons. The molecule has 0 amide bonds. The van der Waals surface area contributed by atoms with Gasteiger partial charge >= 0.3 is 0 Å². The highest BCUT2D eigenvalue weighted by Gasteiger charge is 2.17. The molecule has 96 valence electrons. The lowest BCUT2D eigenvalue weighted by Crippen LogP contribution is -2.31. The van der Waals surface area contributed by atoms with Crippen LogP contribution >= 0.6 is 11.6 Å². The molecule has 0 aliphatic carbocycles. The summed E-state index contributed by atoms with van der Waals surface area (Å²) in [6, 6.07) is 8.19. The number of rotatable bonds is 7. The molecule has 0 spiro atoms. The monoisotopic (exact) mass is 254 g/mol. The number of unbranched alkanes of at least 4 members (excludes halogenated alkanes) is 2. The minimum Gasteiger partial charge on any atom is -0.329 e. The molecule has 0 bridgehead atoms. The van der Waals surface area contributed by atoms with Crippen LogP contribution in [0.4, 0.5) is 0 Å². The Balaban J connectivity index is 2.67. The van der Waals surface area contributed by atoms with Crippen molar-refractivity contribution in [3.63, 3.8) is 0 Å². The second kappa shape index (κ2) is 7.70. The first kappa shape index (κ1) is 14.5. The van der Waals surface area contributed by atoms with E-state index in [9.17, 15) is 0 Å². The van der Waals surface area contributed by atoms with E-state index in [-0.39, 0.29) is 6.04 Å². The van der Waals surface area contributed by atoms with Crippen LogP contribution in [-0.2, 0) is 0 Å². The van der Waals surface area contributed by atoms with E-state index in [2.05, 4.69) is 24.9 Å². The molecule has 0 fully saturated rings. The highest BCUT2D eigenvalue weighted by molar-refractivity contribution is 6.31. The molecule has 0 saturated carbocycles. The molecule has 1 unspecified atom stereocenters. The highest BCUT2D eigenvalue weighted by atomic mass is 35.5. The Hall–Kier alpha value is -0.570. The van der Waals surface area contributed by atoms with Crippen LogP contribution in [0.5, 0.6) is 0 Å². The maximum atomic E-state index is 6.22.